The van der Waals surface area contributed by atoms with E-state index in [4.69, 9.17) is 8.37 Å². The minimum atomic E-state index is -3.95. The quantitative estimate of drug-likeness (QED) is 0.382. The Morgan fingerprint density at radius 2 is 1.25 bits per heavy atom. The molecule has 0 bridgehead atoms. The molecule has 1 rings (SSSR count). The average molecular weight is 357 g/mol. The van der Waals surface area contributed by atoms with Crippen LogP contribution in [0, 0.1) is 0 Å². The van der Waals surface area contributed by atoms with Crippen LogP contribution in [-0.2, 0) is 14.6 Å². The van der Waals surface area contributed by atoms with Crippen molar-refractivity contribution < 1.29 is 16.8 Å². The zero-order chi connectivity index (χ0) is 17.5. The second-order valence-corrected chi connectivity index (χ2v) is 7.38. The summed E-state index contributed by atoms with van der Waals surface area (Å²) in [4.78, 5) is 0. The summed E-state index contributed by atoms with van der Waals surface area (Å²) >= 11 is 0. The molecule has 24 heavy (non-hydrogen) atoms. The average Bonchev–Trinajstić information content (AvgIpc) is 2.56. The largest absolute Gasteiger partial charge is 0.449 e. The summed E-state index contributed by atoms with van der Waals surface area (Å²) in [5.74, 6) is 0.274. The van der Waals surface area contributed by atoms with Gasteiger partial charge in [-0.2, -0.15) is 8.42 Å². The van der Waals surface area contributed by atoms with Crippen molar-refractivity contribution >= 4 is 10.4 Å². The van der Waals surface area contributed by atoms with Crippen LogP contribution < -0.4 is 4.18 Å². The highest BCUT2D eigenvalue weighted by atomic mass is 32.3. The molecule has 0 amide bonds. The summed E-state index contributed by atoms with van der Waals surface area (Å²) in [6.45, 7) is 2.43. The fourth-order valence-electron chi connectivity index (χ4n) is 2.55. The lowest BCUT2D eigenvalue weighted by Gasteiger charge is -2.07. The van der Waals surface area contributed by atoms with Crippen molar-refractivity contribution in [2.45, 2.75) is 77.6 Å². The van der Waals surface area contributed by atoms with Crippen molar-refractivity contribution in [1.82, 2.24) is 0 Å². The Labute approximate surface area is 147 Å². The van der Waals surface area contributed by atoms with Gasteiger partial charge in [0.05, 0.1) is 6.61 Å². The molecular weight excluding hydrogens is 324 g/mol. The van der Waals surface area contributed by atoms with Crippen LogP contribution >= 0.6 is 0 Å². The predicted molar refractivity (Wildman–Crippen MR) is 98.4 cm³/mol. The molecule has 0 saturated heterocycles. The molecule has 1 aromatic rings. The van der Waals surface area contributed by atoms with E-state index < -0.39 is 10.4 Å². The lowest BCUT2D eigenvalue weighted by Crippen LogP contribution is -2.14. The van der Waals surface area contributed by atoms with Gasteiger partial charge in [0.1, 0.15) is 5.75 Å². The van der Waals surface area contributed by atoms with Crippen LogP contribution in [-0.4, -0.2) is 15.0 Å². The van der Waals surface area contributed by atoms with Crippen molar-refractivity contribution in [3.05, 3.63) is 30.3 Å². The number of benzene rings is 1. The molecule has 5 heteroatoms. The highest BCUT2D eigenvalue weighted by Crippen LogP contribution is 2.14. The zero-order valence-electron chi connectivity index (χ0n) is 14.9. The molecule has 0 radical (unpaired) electrons. The maximum atomic E-state index is 11.6. The van der Waals surface area contributed by atoms with Gasteiger partial charge in [0.25, 0.3) is 0 Å². The van der Waals surface area contributed by atoms with Crippen molar-refractivity contribution in [3.8, 4) is 5.75 Å². The fourth-order valence-corrected chi connectivity index (χ4v) is 3.26. The van der Waals surface area contributed by atoms with Gasteiger partial charge < -0.3 is 4.18 Å². The molecule has 0 aliphatic heterocycles. The molecule has 4 nitrogen and oxygen atoms in total. The molecule has 0 heterocycles. The Morgan fingerprint density at radius 3 is 1.79 bits per heavy atom. The van der Waals surface area contributed by atoms with Gasteiger partial charge in [-0.25, -0.2) is 4.18 Å². The van der Waals surface area contributed by atoms with E-state index in [2.05, 4.69) is 6.92 Å². The maximum absolute atomic E-state index is 11.6. The molecule has 138 valence electrons. The van der Waals surface area contributed by atoms with E-state index in [1.807, 2.05) is 0 Å². The number of hydrogen-bond acceptors (Lipinski definition) is 4. The molecule has 1 aromatic carbocycles. The van der Waals surface area contributed by atoms with Gasteiger partial charge in [0.15, 0.2) is 0 Å². The van der Waals surface area contributed by atoms with Crippen LogP contribution in [0.5, 0.6) is 5.75 Å². The van der Waals surface area contributed by atoms with E-state index in [0.29, 0.717) is 0 Å². The molecule has 0 aliphatic rings. The van der Waals surface area contributed by atoms with Gasteiger partial charge in [-0.05, 0) is 18.6 Å². The summed E-state index contributed by atoms with van der Waals surface area (Å²) < 4.78 is 33.0. The smallest absolute Gasteiger partial charge is 0.362 e. The van der Waals surface area contributed by atoms with Crippen LogP contribution in [0.25, 0.3) is 0 Å². The Bertz CT molecular complexity index is 499. The lowest BCUT2D eigenvalue weighted by molar-refractivity contribution is 0.265. The first kappa shape index (κ1) is 21.0. The van der Waals surface area contributed by atoms with Crippen LogP contribution in [0.2, 0.25) is 0 Å². The zero-order valence-corrected chi connectivity index (χ0v) is 15.7. The first-order valence-electron chi connectivity index (χ1n) is 9.28. The van der Waals surface area contributed by atoms with Gasteiger partial charge in [0, 0.05) is 0 Å². The third kappa shape index (κ3) is 11.5. The molecule has 0 N–H and O–H groups in total. The second-order valence-electron chi connectivity index (χ2n) is 6.16. The summed E-state index contributed by atoms with van der Waals surface area (Å²) in [5.41, 5.74) is 0. The van der Waals surface area contributed by atoms with Crippen LogP contribution in [0.1, 0.15) is 77.6 Å². The third-order valence-electron chi connectivity index (χ3n) is 3.92. The van der Waals surface area contributed by atoms with Crippen molar-refractivity contribution in [3.63, 3.8) is 0 Å². The Morgan fingerprint density at radius 1 is 0.750 bits per heavy atom. The highest BCUT2D eigenvalue weighted by molar-refractivity contribution is 7.82. The second kappa shape index (κ2) is 13.2. The summed E-state index contributed by atoms with van der Waals surface area (Å²) in [5, 5.41) is 0. The number of hydrogen-bond donors (Lipinski definition) is 0. The highest BCUT2D eigenvalue weighted by Gasteiger charge is 2.12. The summed E-state index contributed by atoms with van der Waals surface area (Å²) in [6.07, 6.45) is 13.4. The number of para-hydroxylation sites is 1. The van der Waals surface area contributed by atoms with E-state index in [1.54, 1.807) is 30.3 Å². The molecular formula is C19H32O4S. The van der Waals surface area contributed by atoms with E-state index in [-0.39, 0.29) is 12.4 Å². The first-order valence-corrected chi connectivity index (χ1v) is 10.6. The van der Waals surface area contributed by atoms with Gasteiger partial charge >= 0.3 is 10.4 Å². The van der Waals surface area contributed by atoms with E-state index in [0.717, 1.165) is 19.3 Å². The molecule has 0 aliphatic carbocycles. The minimum Gasteiger partial charge on any atom is -0.362 e. The molecule has 0 fully saturated rings. The van der Waals surface area contributed by atoms with Crippen molar-refractivity contribution in [2.75, 3.05) is 6.61 Å². The molecule has 0 atom stereocenters. The van der Waals surface area contributed by atoms with E-state index >= 15 is 0 Å². The van der Waals surface area contributed by atoms with E-state index in [9.17, 15) is 8.42 Å². The van der Waals surface area contributed by atoms with Gasteiger partial charge in [-0.1, -0.05) is 89.3 Å². The third-order valence-corrected chi connectivity index (χ3v) is 4.77. The van der Waals surface area contributed by atoms with Crippen LogP contribution in [0.3, 0.4) is 0 Å². The van der Waals surface area contributed by atoms with Gasteiger partial charge in [0.2, 0.25) is 0 Å². The predicted octanol–water partition coefficient (Wildman–Crippen LogP) is 5.64. The van der Waals surface area contributed by atoms with Crippen LogP contribution in [0.4, 0.5) is 0 Å². The lowest BCUT2D eigenvalue weighted by atomic mass is 10.1. The van der Waals surface area contributed by atoms with Gasteiger partial charge in [-0.3, -0.25) is 0 Å². The molecule has 0 aromatic heterocycles. The molecule has 0 unspecified atom stereocenters. The maximum Gasteiger partial charge on any atom is 0.449 e. The summed E-state index contributed by atoms with van der Waals surface area (Å²) in [6, 6.07) is 8.40. The topological polar surface area (TPSA) is 52.6 Å². The normalized spacial score (nSPS) is 11.5. The molecule has 0 spiro atoms. The van der Waals surface area contributed by atoms with E-state index in [1.165, 1.54) is 51.4 Å². The van der Waals surface area contributed by atoms with Gasteiger partial charge in [-0.15, -0.1) is 0 Å². The van der Waals surface area contributed by atoms with Crippen LogP contribution in [0.15, 0.2) is 30.3 Å². The monoisotopic (exact) mass is 356 g/mol. The Kier molecular flexibility index (Phi) is 11.6. The van der Waals surface area contributed by atoms with Crippen molar-refractivity contribution in [2.24, 2.45) is 0 Å². The molecule has 0 saturated carbocycles. The fraction of sp³-hybridized carbons (Fsp3) is 0.684. The van der Waals surface area contributed by atoms with Crippen molar-refractivity contribution in [1.29, 1.82) is 0 Å². The summed E-state index contributed by atoms with van der Waals surface area (Å²) in [7, 11) is -3.95. The number of unbranched alkanes of at least 4 members (excludes halogenated alkanes) is 10. The Hall–Kier alpha value is -1.07. The number of rotatable bonds is 15. The minimum absolute atomic E-state index is 0.187. The first-order chi connectivity index (χ1) is 11.6. The Balaban J connectivity index is 1.94. The SMILES string of the molecule is CCCCCCCCCCCCCOS(=O)(=O)Oc1ccccc1. The standard InChI is InChI=1S/C19H32O4S/c1-2-3-4-5-6-7-8-9-10-11-15-18-22-24(20,21)23-19-16-13-12-14-17-19/h12-14,16-17H,2-11,15,18H2,1H3.